The van der Waals surface area contributed by atoms with Crippen LogP contribution in [0, 0.1) is 12.7 Å². The Morgan fingerprint density at radius 2 is 2.12 bits per heavy atom. The summed E-state index contributed by atoms with van der Waals surface area (Å²) in [7, 11) is 0. The van der Waals surface area contributed by atoms with Gasteiger partial charge in [-0.25, -0.2) is 4.39 Å². The summed E-state index contributed by atoms with van der Waals surface area (Å²) >= 11 is 3.31. The fourth-order valence-corrected chi connectivity index (χ4v) is 2.03. The van der Waals surface area contributed by atoms with Gasteiger partial charge in [0.25, 0.3) is 0 Å². The summed E-state index contributed by atoms with van der Waals surface area (Å²) in [5, 5.41) is 0. The summed E-state index contributed by atoms with van der Waals surface area (Å²) in [6.07, 6.45) is 1.52. The van der Waals surface area contributed by atoms with Crippen LogP contribution in [-0.4, -0.2) is 0 Å². The standard InChI is InChI=1S/C12H11BrFNO/c1-7-3-2-4-8(10(7)14)11(15)12-9(13)5-6-16-12/h2-6,11H,15H2,1H3. The molecule has 1 aromatic carbocycles. The highest BCUT2D eigenvalue weighted by molar-refractivity contribution is 9.10. The number of benzene rings is 1. The van der Waals surface area contributed by atoms with Crippen molar-refractivity contribution < 1.29 is 8.81 Å². The molecule has 1 unspecified atom stereocenters. The maximum atomic E-state index is 13.8. The lowest BCUT2D eigenvalue weighted by Crippen LogP contribution is -2.13. The van der Waals surface area contributed by atoms with Gasteiger partial charge in [-0.15, -0.1) is 0 Å². The first-order valence-corrected chi connectivity index (χ1v) is 5.64. The van der Waals surface area contributed by atoms with Crippen molar-refractivity contribution in [3.8, 4) is 0 Å². The number of halogens is 2. The molecule has 2 N–H and O–H groups in total. The molecule has 2 aromatic rings. The molecule has 0 radical (unpaired) electrons. The molecule has 1 atom stereocenters. The van der Waals surface area contributed by atoms with E-state index in [4.69, 9.17) is 10.2 Å². The zero-order valence-electron chi connectivity index (χ0n) is 8.71. The lowest BCUT2D eigenvalue weighted by molar-refractivity contribution is 0.477. The minimum absolute atomic E-state index is 0.279. The number of rotatable bonds is 2. The van der Waals surface area contributed by atoms with Crippen LogP contribution in [0.4, 0.5) is 4.39 Å². The van der Waals surface area contributed by atoms with E-state index in [1.54, 1.807) is 31.2 Å². The van der Waals surface area contributed by atoms with E-state index in [1.807, 2.05) is 0 Å². The highest BCUT2D eigenvalue weighted by Crippen LogP contribution is 2.29. The number of furan rings is 1. The van der Waals surface area contributed by atoms with Crippen molar-refractivity contribution in [3.05, 3.63) is 57.7 Å². The quantitative estimate of drug-likeness (QED) is 0.916. The van der Waals surface area contributed by atoms with Gasteiger partial charge in [0.05, 0.1) is 16.8 Å². The van der Waals surface area contributed by atoms with Crippen molar-refractivity contribution in [2.24, 2.45) is 5.73 Å². The number of hydrogen-bond acceptors (Lipinski definition) is 2. The number of aryl methyl sites for hydroxylation is 1. The Labute approximate surface area is 101 Å². The van der Waals surface area contributed by atoms with Crippen molar-refractivity contribution in [2.45, 2.75) is 13.0 Å². The van der Waals surface area contributed by atoms with Gasteiger partial charge in [-0.05, 0) is 34.5 Å². The zero-order chi connectivity index (χ0) is 11.7. The molecule has 0 saturated heterocycles. The average Bonchev–Trinajstić information content (AvgIpc) is 2.68. The van der Waals surface area contributed by atoms with E-state index in [9.17, 15) is 4.39 Å². The van der Waals surface area contributed by atoms with Gasteiger partial charge < -0.3 is 10.2 Å². The van der Waals surface area contributed by atoms with Crippen LogP contribution in [0.25, 0.3) is 0 Å². The molecule has 84 valence electrons. The average molecular weight is 284 g/mol. The molecule has 1 aromatic heterocycles. The summed E-state index contributed by atoms with van der Waals surface area (Å²) in [4.78, 5) is 0. The molecule has 0 aliphatic heterocycles. The van der Waals surface area contributed by atoms with E-state index in [0.29, 0.717) is 16.9 Å². The SMILES string of the molecule is Cc1cccc(C(N)c2occc2Br)c1F. The highest BCUT2D eigenvalue weighted by Gasteiger charge is 2.19. The minimum Gasteiger partial charge on any atom is -0.466 e. The van der Waals surface area contributed by atoms with Crippen molar-refractivity contribution >= 4 is 15.9 Å². The molecule has 0 aliphatic rings. The smallest absolute Gasteiger partial charge is 0.139 e. The van der Waals surface area contributed by atoms with Crippen LogP contribution < -0.4 is 5.73 Å². The van der Waals surface area contributed by atoms with Gasteiger partial charge in [0.1, 0.15) is 11.6 Å². The third-order valence-electron chi connectivity index (χ3n) is 2.48. The Balaban J connectivity index is 2.46. The van der Waals surface area contributed by atoms with Gasteiger partial charge in [0, 0.05) is 5.56 Å². The fourth-order valence-electron chi connectivity index (χ4n) is 1.58. The van der Waals surface area contributed by atoms with E-state index in [2.05, 4.69) is 15.9 Å². The molecule has 16 heavy (non-hydrogen) atoms. The Morgan fingerprint density at radius 3 is 2.75 bits per heavy atom. The van der Waals surface area contributed by atoms with E-state index >= 15 is 0 Å². The van der Waals surface area contributed by atoms with E-state index in [1.165, 1.54) is 6.26 Å². The lowest BCUT2D eigenvalue weighted by atomic mass is 10.0. The molecule has 4 heteroatoms. The largest absolute Gasteiger partial charge is 0.466 e. The summed E-state index contributed by atoms with van der Waals surface area (Å²) in [6, 6.07) is 6.31. The van der Waals surface area contributed by atoms with Gasteiger partial charge in [0.15, 0.2) is 0 Å². The first-order chi connectivity index (χ1) is 7.61. The molecule has 0 fully saturated rings. The predicted octanol–water partition coefficient (Wildman–Crippen LogP) is 3.54. The highest BCUT2D eigenvalue weighted by atomic mass is 79.9. The van der Waals surface area contributed by atoms with Crippen LogP contribution in [-0.2, 0) is 0 Å². The van der Waals surface area contributed by atoms with Gasteiger partial charge in [-0.3, -0.25) is 0 Å². The third-order valence-corrected chi connectivity index (χ3v) is 3.14. The topological polar surface area (TPSA) is 39.2 Å². The summed E-state index contributed by atoms with van der Waals surface area (Å²) in [5.74, 6) is 0.253. The molecule has 0 saturated carbocycles. The van der Waals surface area contributed by atoms with Crippen LogP contribution in [0.2, 0.25) is 0 Å². The van der Waals surface area contributed by atoms with Gasteiger partial charge in [-0.2, -0.15) is 0 Å². The molecule has 0 amide bonds. The van der Waals surface area contributed by atoms with E-state index in [0.717, 1.165) is 4.47 Å². The normalized spacial score (nSPS) is 12.8. The van der Waals surface area contributed by atoms with Crippen LogP contribution in [0.3, 0.4) is 0 Å². The zero-order valence-corrected chi connectivity index (χ0v) is 10.3. The first-order valence-electron chi connectivity index (χ1n) is 4.84. The molecule has 0 bridgehead atoms. The van der Waals surface area contributed by atoms with Crippen molar-refractivity contribution in [1.82, 2.24) is 0 Å². The summed E-state index contributed by atoms with van der Waals surface area (Å²) in [5.41, 5.74) is 6.99. The Kier molecular flexibility index (Phi) is 3.12. The monoisotopic (exact) mass is 283 g/mol. The first kappa shape index (κ1) is 11.4. The molecule has 2 nitrogen and oxygen atoms in total. The van der Waals surface area contributed by atoms with Crippen molar-refractivity contribution in [3.63, 3.8) is 0 Å². The van der Waals surface area contributed by atoms with Crippen molar-refractivity contribution in [1.29, 1.82) is 0 Å². The molecule has 1 heterocycles. The van der Waals surface area contributed by atoms with Gasteiger partial charge in [-0.1, -0.05) is 18.2 Å². The second-order valence-electron chi connectivity index (χ2n) is 3.59. The molecule has 2 rings (SSSR count). The van der Waals surface area contributed by atoms with Gasteiger partial charge >= 0.3 is 0 Å². The van der Waals surface area contributed by atoms with E-state index < -0.39 is 6.04 Å². The lowest BCUT2D eigenvalue weighted by Gasteiger charge is -2.12. The second-order valence-corrected chi connectivity index (χ2v) is 4.44. The fraction of sp³-hybridized carbons (Fsp3) is 0.167. The number of hydrogen-bond donors (Lipinski definition) is 1. The third kappa shape index (κ3) is 1.90. The van der Waals surface area contributed by atoms with Crippen LogP contribution in [0.15, 0.2) is 39.4 Å². The minimum atomic E-state index is -0.593. The van der Waals surface area contributed by atoms with Crippen LogP contribution >= 0.6 is 15.9 Å². The Bertz CT molecular complexity index is 509. The summed E-state index contributed by atoms with van der Waals surface area (Å²) in [6.45, 7) is 1.71. The molecule has 0 aliphatic carbocycles. The molecule has 0 spiro atoms. The van der Waals surface area contributed by atoms with Crippen molar-refractivity contribution in [2.75, 3.05) is 0 Å². The Morgan fingerprint density at radius 1 is 1.38 bits per heavy atom. The van der Waals surface area contributed by atoms with Crippen LogP contribution in [0.5, 0.6) is 0 Å². The maximum Gasteiger partial charge on any atom is 0.139 e. The second kappa shape index (κ2) is 4.39. The Hall–Kier alpha value is -1.13. The number of nitrogens with two attached hydrogens (primary N) is 1. The van der Waals surface area contributed by atoms with E-state index in [-0.39, 0.29) is 5.82 Å². The molecular weight excluding hydrogens is 273 g/mol. The molecular formula is C12H11BrFNO. The summed E-state index contributed by atoms with van der Waals surface area (Å²) < 4.78 is 19.8. The maximum absolute atomic E-state index is 13.8. The van der Waals surface area contributed by atoms with Crippen LogP contribution in [0.1, 0.15) is 22.9 Å². The predicted molar refractivity (Wildman–Crippen MR) is 63.6 cm³/mol. The van der Waals surface area contributed by atoms with Gasteiger partial charge in [0.2, 0.25) is 0 Å².